The number of carbonyl (C=O) groups is 1. The molecule has 0 aromatic carbocycles. The van der Waals surface area contributed by atoms with E-state index < -0.39 is 27.4 Å². The zero-order chi connectivity index (χ0) is 16.3. The summed E-state index contributed by atoms with van der Waals surface area (Å²) in [4.78, 5) is 27.5. The van der Waals surface area contributed by atoms with Gasteiger partial charge in [-0.1, -0.05) is 0 Å². The van der Waals surface area contributed by atoms with Gasteiger partial charge in [-0.05, 0) is 30.9 Å². The van der Waals surface area contributed by atoms with Gasteiger partial charge in [0.25, 0.3) is 0 Å². The van der Waals surface area contributed by atoms with Gasteiger partial charge in [0.2, 0.25) is 0 Å². The van der Waals surface area contributed by atoms with Crippen LogP contribution in [-0.4, -0.2) is 59.0 Å². The molecule has 0 saturated heterocycles. The van der Waals surface area contributed by atoms with Crippen LogP contribution >= 0.6 is 15.4 Å². The highest BCUT2D eigenvalue weighted by Crippen LogP contribution is 2.35. The SMILES string of the molecule is CC(N)CCNC(CCP(C)(=O)O)C(=O)O.C[P+](=O)O. The highest BCUT2D eigenvalue weighted by atomic mass is 31.2. The van der Waals surface area contributed by atoms with Crippen molar-refractivity contribution < 1.29 is 28.8 Å². The molecule has 0 rings (SSSR count). The van der Waals surface area contributed by atoms with Crippen molar-refractivity contribution in [3.63, 3.8) is 0 Å². The molecule has 0 radical (unpaired) electrons. The monoisotopic (exact) mass is 331 g/mol. The molecule has 0 aliphatic rings. The van der Waals surface area contributed by atoms with Crippen LogP contribution in [0.4, 0.5) is 0 Å². The number of nitrogens with one attached hydrogen (secondary N) is 1. The van der Waals surface area contributed by atoms with Crippen molar-refractivity contribution in [3.05, 3.63) is 0 Å². The van der Waals surface area contributed by atoms with Crippen LogP contribution in [0.1, 0.15) is 19.8 Å². The summed E-state index contributed by atoms with van der Waals surface area (Å²) in [5.74, 6) is -1.00. The fraction of sp³-hybridized carbons (Fsp3) is 0.900. The predicted octanol–water partition coefficient (Wildman–Crippen LogP) is 0.408. The second kappa shape index (κ2) is 11.3. The summed E-state index contributed by atoms with van der Waals surface area (Å²) < 4.78 is 20.2. The molecule has 0 saturated carbocycles. The molecule has 120 valence electrons. The Bertz CT molecular complexity index is 341. The van der Waals surface area contributed by atoms with Crippen molar-refractivity contribution in [1.82, 2.24) is 5.32 Å². The topological polar surface area (TPSA) is 150 Å². The molecule has 6 N–H and O–H groups in total. The maximum atomic E-state index is 11.0. The van der Waals surface area contributed by atoms with Crippen LogP contribution in [-0.2, 0) is 13.9 Å². The summed E-state index contributed by atoms with van der Waals surface area (Å²) in [6, 6.07) is -0.767. The van der Waals surface area contributed by atoms with Gasteiger partial charge in [0, 0.05) is 18.9 Å². The first kappa shape index (κ1) is 21.9. The first-order valence-corrected chi connectivity index (χ1v) is 10.0. The summed E-state index contributed by atoms with van der Waals surface area (Å²) in [7, 11) is -5.01. The molecule has 0 heterocycles. The maximum Gasteiger partial charge on any atom is 0.502 e. The highest BCUT2D eigenvalue weighted by molar-refractivity contribution is 7.57. The van der Waals surface area contributed by atoms with E-state index in [1.165, 1.54) is 13.3 Å². The third kappa shape index (κ3) is 20.0. The average Bonchev–Trinajstić information content (AvgIpc) is 2.19. The number of hydrogen-bond donors (Lipinski definition) is 5. The van der Waals surface area contributed by atoms with Crippen molar-refractivity contribution >= 4 is 21.4 Å². The fourth-order valence-corrected chi connectivity index (χ4v) is 1.90. The molecule has 0 aliphatic heterocycles. The van der Waals surface area contributed by atoms with Gasteiger partial charge < -0.3 is 21.1 Å². The van der Waals surface area contributed by atoms with Gasteiger partial charge in [0.15, 0.2) is 14.0 Å². The maximum absolute atomic E-state index is 11.0. The number of carboxylic acid groups (broad SMARTS) is 1. The minimum absolute atomic E-state index is 0.00907. The predicted molar refractivity (Wildman–Crippen MR) is 78.7 cm³/mol. The van der Waals surface area contributed by atoms with Crippen LogP contribution in [0.3, 0.4) is 0 Å². The zero-order valence-electron chi connectivity index (χ0n) is 12.0. The molecular weight excluding hydrogens is 306 g/mol. The Morgan fingerprint density at radius 1 is 1.45 bits per heavy atom. The second-order valence-electron chi connectivity index (χ2n) is 4.64. The quantitative estimate of drug-likeness (QED) is 0.401. The molecule has 4 unspecified atom stereocenters. The largest absolute Gasteiger partial charge is 0.502 e. The van der Waals surface area contributed by atoms with Crippen molar-refractivity contribution in [1.29, 1.82) is 0 Å². The van der Waals surface area contributed by atoms with Crippen LogP contribution in [0.15, 0.2) is 0 Å². The van der Waals surface area contributed by atoms with Crippen LogP contribution in [0.2, 0.25) is 0 Å². The molecule has 0 spiro atoms. The fourth-order valence-electron chi connectivity index (χ4n) is 1.17. The smallest absolute Gasteiger partial charge is 0.480 e. The van der Waals surface area contributed by atoms with E-state index in [9.17, 15) is 9.36 Å². The Balaban J connectivity index is 0. The van der Waals surface area contributed by atoms with Gasteiger partial charge >= 0.3 is 14.0 Å². The molecule has 4 atom stereocenters. The Morgan fingerprint density at radius 3 is 2.20 bits per heavy atom. The molecule has 0 bridgehead atoms. The molecule has 0 aliphatic carbocycles. The molecule has 0 amide bonds. The Kier molecular flexibility index (Phi) is 12.4. The zero-order valence-corrected chi connectivity index (χ0v) is 13.8. The standard InChI is InChI=1S/C9H21N2O4P.CH3O2P/c1-7(10)3-5-11-8(9(12)13)4-6-16(2,14)15;1-4(2)3/h7-8,11H,3-6,10H2,1-2H3,(H,12,13)(H,14,15);1H3/p+1. The lowest BCUT2D eigenvalue weighted by Crippen LogP contribution is -2.39. The molecule has 0 aromatic rings. The van der Waals surface area contributed by atoms with Gasteiger partial charge in [0.1, 0.15) is 6.04 Å². The lowest BCUT2D eigenvalue weighted by Gasteiger charge is -2.16. The summed E-state index contributed by atoms with van der Waals surface area (Å²) in [5.41, 5.74) is 5.53. The van der Waals surface area contributed by atoms with Crippen molar-refractivity contribution in [3.8, 4) is 0 Å². The lowest BCUT2D eigenvalue weighted by molar-refractivity contribution is -0.139. The summed E-state index contributed by atoms with van der Waals surface area (Å²) in [5, 5.41) is 11.7. The third-order valence-electron chi connectivity index (χ3n) is 2.12. The Labute approximate surface area is 120 Å². The first-order chi connectivity index (χ1) is 8.95. The van der Waals surface area contributed by atoms with Gasteiger partial charge in [-0.15, -0.1) is 0 Å². The summed E-state index contributed by atoms with van der Waals surface area (Å²) in [6.45, 7) is 4.79. The van der Waals surface area contributed by atoms with E-state index in [2.05, 4.69) is 5.32 Å². The highest BCUT2D eigenvalue weighted by Gasteiger charge is 2.20. The molecule has 0 aromatic heterocycles. The molecule has 10 heteroatoms. The third-order valence-corrected chi connectivity index (χ3v) is 3.21. The van der Waals surface area contributed by atoms with Crippen LogP contribution in [0.25, 0.3) is 0 Å². The number of carboxylic acids is 1. The van der Waals surface area contributed by atoms with Gasteiger partial charge in [-0.2, -0.15) is 4.89 Å². The number of rotatable bonds is 8. The van der Waals surface area contributed by atoms with Gasteiger partial charge in [-0.25, -0.2) is 0 Å². The van der Waals surface area contributed by atoms with Crippen molar-refractivity contribution in [2.75, 3.05) is 26.0 Å². The van der Waals surface area contributed by atoms with E-state index in [1.54, 1.807) is 0 Å². The lowest BCUT2D eigenvalue weighted by atomic mass is 10.2. The molecule has 0 fully saturated rings. The minimum Gasteiger partial charge on any atom is -0.480 e. The van der Waals surface area contributed by atoms with E-state index in [0.717, 1.165) is 0 Å². The van der Waals surface area contributed by atoms with Crippen molar-refractivity contribution in [2.24, 2.45) is 5.73 Å². The van der Waals surface area contributed by atoms with Crippen LogP contribution in [0.5, 0.6) is 0 Å². The van der Waals surface area contributed by atoms with E-state index in [4.69, 9.17) is 25.2 Å². The molecule has 20 heavy (non-hydrogen) atoms. The van der Waals surface area contributed by atoms with E-state index in [0.29, 0.717) is 13.0 Å². The summed E-state index contributed by atoms with van der Waals surface area (Å²) in [6.07, 6.45) is 0.834. The summed E-state index contributed by atoms with van der Waals surface area (Å²) >= 11 is 0. The van der Waals surface area contributed by atoms with Crippen LogP contribution < -0.4 is 11.1 Å². The average molecular weight is 331 g/mol. The Hall–Kier alpha value is -0.360. The van der Waals surface area contributed by atoms with E-state index in [-0.39, 0.29) is 18.6 Å². The Morgan fingerprint density at radius 2 is 1.90 bits per heavy atom. The first-order valence-electron chi connectivity index (χ1n) is 6.06. The van der Waals surface area contributed by atoms with Crippen molar-refractivity contribution in [2.45, 2.75) is 31.8 Å². The normalized spacial score (nSPS) is 17.2. The second-order valence-corrected chi connectivity index (χ2v) is 8.12. The minimum atomic E-state index is -3.14. The van der Waals surface area contributed by atoms with E-state index >= 15 is 0 Å². The number of nitrogens with two attached hydrogens (primary N) is 1. The molecule has 8 nitrogen and oxygen atoms in total. The van der Waals surface area contributed by atoms with Gasteiger partial charge in [-0.3, -0.25) is 9.36 Å². The number of aliphatic carboxylic acids is 1. The number of hydrogen-bond acceptors (Lipinski definition) is 5. The molecular formula is C10H25N2O6P2+. The van der Waals surface area contributed by atoms with Gasteiger partial charge in [0.05, 0.1) is 0 Å². The van der Waals surface area contributed by atoms with E-state index in [1.807, 2.05) is 6.92 Å². The van der Waals surface area contributed by atoms with Crippen LogP contribution in [0, 0.1) is 0 Å².